The molecule has 1 aromatic rings. The van der Waals surface area contributed by atoms with Crippen LogP contribution in [-0.4, -0.2) is 83.1 Å². The van der Waals surface area contributed by atoms with E-state index < -0.39 is 11.5 Å². The molecule has 0 radical (unpaired) electrons. The number of aromatic nitrogens is 2. The lowest BCUT2D eigenvalue weighted by Gasteiger charge is -2.44. The van der Waals surface area contributed by atoms with E-state index in [0.29, 0.717) is 12.6 Å². The zero-order valence-corrected chi connectivity index (χ0v) is 15.9. The molecule has 1 aromatic heterocycles. The van der Waals surface area contributed by atoms with Crippen LogP contribution in [0.4, 0.5) is 0 Å². The summed E-state index contributed by atoms with van der Waals surface area (Å²) in [5, 5.41) is 2.91. The Bertz CT molecular complexity index is 774. The van der Waals surface area contributed by atoms with Gasteiger partial charge in [-0.2, -0.15) is 0 Å². The minimum atomic E-state index is -0.442. The average molecular weight is 389 g/mol. The molecule has 9 nitrogen and oxygen atoms in total. The van der Waals surface area contributed by atoms with Gasteiger partial charge in [-0.15, -0.1) is 0 Å². The Hall–Kier alpha value is -2.26. The fourth-order valence-electron chi connectivity index (χ4n) is 4.46. The van der Waals surface area contributed by atoms with Gasteiger partial charge in [-0.05, 0) is 25.7 Å². The monoisotopic (exact) mass is 389 g/mol. The molecule has 3 heterocycles. The van der Waals surface area contributed by atoms with Crippen LogP contribution in [0.5, 0.6) is 0 Å². The van der Waals surface area contributed by atoms with Crippen molar-refractivity contribution in [1.29, 1.82) is 0 Å². The lowest BCUT2D eigenvalue weighted by atomic mass is 9.84. The summed E-state index contributed by atoms with van der Waals surface area (Å²) in [6.45, 7) is 4.90. The number of piperazine rings is 1. The molecular formula is C19H27N5O4. The van der Waals surface area contributed by atoms with Gasteiger partial charge in [0.2, 0.25) is 5.91 Å². The van der Waals surface area contributed by atoms with E-state index in [9.17, 15) is 14.4 Å². The Morgan fingerprint density at radius 3 is 2.79 bits per heavy atom. The van der Waals surface area contributed by atoms with E-state index in [-0.39, 0.29) is 23.4 Å². The molecule has 2 aliphatic heterocycles. The van der Waals surface area contributed by atoms with Crippen molar-refractivity contribution in [3.8, 4) is 0 Å². The Kier molecular flexibility index (Phi) is 5.72. The van der Waals surface area contributed by atoms with Crippen molar-refractivity contribution in [2.45, 2.75) is 37.8 Å². The number of nitrogens with zero attached hydrogens (tertiary/aromatic N) is 3. The first-order valence-electron chi connectivity index (χ1n) is 10.1. The van der Waals surface area contributed by atoms with E-state index in [1.165, 1.54) is 12.5 Å². The molecular weight excluding hydrogens is 362 g/mol. The van der Waals surface area contributed by atoms with Crippen LogP contribution in [0.1, 0.15) is 36.0 Å². The van der Waals surface area contributed by atoms with Gasteiger partial charge in [0.25, 0.3) is 11.5 Å². The number of nitrogens with one attached hydrogen (secondary N) is 2. The molecule has 2 saturated heterocycles. The number of morpholine rings is 1. The fourth-order valence-corrected chi connectivity index (χ4v) is 4.46. The number of ether oxygens (including phenoxy) is 1. The van der Waals surface area contributed by atoms with Gasteiger partial charge in [-0.3, -0.25) is 19.3 Å². The fraction of sp³-hybridized carbons (Fsp3) is 0.684. The summed E-state index contributed by atoms with van der Waals surface area (Å²) in [6, 6.07) is 0.305. The van der Waals surface area contributed by atoms with E-state index in [0.717, 1.165) is 58.5 Å². The third-order valence-corrected chi connectivity index (χ3v) is 6.12. The van der Waals surface area contributed by atoms with Gasteiger partial charge in [0.1, 0.15) is 5.56 Å². The van der Waals surface area contributed by atoms with Gasteiger partial charge in [0, 0.05) is 44.3 Å². The molecule has 0 aromatic carbocycles. The van der Waals surface area contributed by atoms with Crippen molar-refractivity contribution in [2.24, 2.45) is 5.92 Å². The van der Waals surface area contributed by atoms with E-state index in [2.05, 4.69) is 20.2 Å². The molecule has 28 heavy (non-hydrogen) atoms. The summed E-state index contributed by atoms with van der Waals surface area (Å²) in [4.78, 5) is 47.5. The number of hydrogen-bond donors (Lipinski definition) is 2. The van der Waals surface area contributed by atoms with Crippen LogP contribution in [0, 0.1) is 5.92 Å². The molecule has 9 heteroatoms. The maximum atomic E-state index is 12.9. The van der Waals surface area contributed by atoms with E-state index >= 15 is 0 Å². The SMILES string of the molecule is O=C(NC1CCC(C(=O)N2CCN3CCOCC3C2)CC1)c1cnc[nH]c1=O. The summed E-state index contributed by atoms with van der Waals surface area (Å²) in [5.74, 6) is -0.151. The van der Waals surface area contributed by atoms with Crippen molar-refractivity contribution < 1.29 is 14.3 Å². The van der Waals surface area contributed by atoms with Gasteiger partial charge in [0.15, 0.2) is 0 Å². The number of rotatable bonds is 3. The summed E-state index contributed by atoms with van der Waals surface area (Å²) >= 11 is 0. The minimum absolute atomic E-state index is 0.0141. The lowest BCUT2D eigenvalue weighted by molar-refractivity contribution is -0.142. The summed E-state index contributed by atoms with van der Waals surface area (Å²) in [7, 11) is 0. The first-order chi connectivity index (χ1) is 13.6. The van der Waals surface area contributed by atoms with Crippen molar-refractivity contribution in [2.75, 3.05) is 39.4 Å². The van der Waals surface area contributed by atoms with Crippen molar-refractivity contribution in [3.63, 3.8) is 0 Å². The molecule has 1 saturated carbocycles. The number of aromatic amines is 1. The molecule has 2 amide bonds. The van der Waals surface area contributed by atoms with Gasteiger partial charge in [0.05, 0.1) is 25.6 Å². The van der Waals surface area contributed by atoms with Gasteiger partial charge >= 0.3 is 0 Å². The maximum Gasteiger partial charge on any atom is 0.263 e. The van der Waals surface area contributed by atoms with Crippen LogP contribution < -0.4 is 10.9 Å². The molecule has 1 aliphatic carbocycles. The highest BCUT2D eigenvalue weighted by Crippen LogP contribution is 2.27. The Morgan fingerprint density at radius 1 is 1.18 bits per heavy atom. The first kappa shape index (κ1) is 19.1. The number of carbonyl (C=O) groups excluding carboxylic acids is 2. The molecule has 3 aliphatic rings. The van der Waals surface area contributed by atoms with E-state index in [1.807, 2.05) is 4.90 Å². The van der Waals surface area contributed by atoms with Crippen molar-refractivity contribution in [3.05, 3.63) is 28.4 Å². The van der Waals surface area contributed by atoms with Crippen LogP contribution in [0.3, 0.4) is 0 Å². The predicted octanol–water partition coefficient (Wildman–Crippen LogP) is -0.398. The molecule has 152 valence electrons. The summed E-state index contributed by atoms with van der Waals surface area (Å²) in [6.07, 6.45) is 5.54. The predicted molar refractivity (Wildman–Crippen MR) is 101 cm³/mol. The Balaban J connectivity index is 1.27. The number of carbonyl (C=O) groups is 2. The van der Waals surface area contributed by atoms with Crippen molar-refractivity contribution >= 4 is 11.8 Å². The summed E-state index contributed by atoms with van der Waals surface area (Å²) in [5.41, 5.74) is -0.421. The minimum Gasteiger partial charge on any atom is -0.378 e. The standard InChI is InChI=1S/C19H27N5O4/c25-17-16(9-20-12-21-17)18(26)22-14-3-1-13(2-4-14)19(27)24-6-5-23-7-8-28-11-15(23)10-24/h9,12-15H,1-8,10-11H2,(H,22,26)(H,20,21,25). The molecule has 0 spiro atoms. The number of fused-ring (bicyclic) bond motifs is 1. The van der Waals surface area contributed by atoms with Crippen LogP contribution in [0.2, 0.25) is 0 Å². The highest BCUT2D eigenvalue weighted by molar-refractivity contribution is 5.93. The van der Waals surface area contributed by atoms with Crippen LogP contribution in [-0.2, 0) is 9.53 Å². The molecule has 0 bridgehead atoms. The Labute approximate surface area is 163 Å². The quantitative estimate of drug-likeness (QED) is 0.729. The number of amides is 2. The van der Waals surface area contributed by atoms with Crippen LogP contribution >= 0.6 is 0 Å². The van der Waals surface area contributed by atoms with Crippen LogP contribution in [0.15, 0.2) is 17.3 Å². The Morgan fingerprint density at radius 2 is 2.00 bits per heavy atom. The highest BCUT2D eigenvalue weighted by atomic mass is 16.5. The molecule has 3 fully saturated rings. The average Bonchev–Trinajstić information content (AvgIpc) is 2.73. The normalized spacial score (nSPS) is 28.4. The molecule has 1 unspecified atom stereocenters. The highest BCUT2D eigenvalue weighted by Gasteiger charge is 2.35. The first-order valence-corrected chi connectivity index (χ1v) is 10.1. The second kappa shape index (κ2) is 8.40. The van der Waals surface area contributed by atoms with Crippen molar-refractivity contribution in [1.82, 2.24) is 25.1 Å². The van der Waals surface area contributed by atoms with Gasteiger partial charge in [-0.1, -0.05) is 0 Å². The largest absolute Gasteiger partial charge is 0.378 e. The zero-order chi connectivity index (χ0) is 19.5. The number of hydrogen-bond acceptors (Lipinski definition) is 6. The van der Waals surface area contributed by atoms with Crippen LogP contribution in [0.25, 0.3) is 0 Å². The second-order valence-electron chi connectivity index (χ2n) is 7.87. The zero-order valence-electron chi connectivity index (χ0n) is 15.9. The maximum absolute atomic E-state index is 12.9. The second-order valence-corrected chi connectivity index (χ2v) is 7.87. The van der Waals surface area contributed by atoms with Gasteiger partial charge in [-0.25, -0.2) is 4.98 Å². The van der Waals surface area contributed by atoms with Gasteiger partial charge < -0.3 is 19.9 Å². The molecule has 4 rings (SSSR count). The summed E-state index contributed by atoms with van der Waals surface area (Å²) < 4.78 is 5.56. The number of H-pyrrole nitrogens is 1. The van der Waals surface area contributed by atoms with E-state index in [4.69, 9.17) is 4.74 Å². The molecule has 1 atom stereocenters. The third-order valence-electron chi connectivity index (χ3n) is 6.12. The topological polar surface area (TPSA) is 108 Å². The lowest BCUT2D eigenvalue weighted by Crippen LogP contribution is -2.60. The van der Waals surface area contributed by atoms with E-state index in [1.54, 1.807) is 0 Å². The molecule has 2 N–H and O–H groups in total. The third kappa shape index (κ3) is 4.10. The smallest absolute Gasteiger partial charge is 0.263 e.